The van der Waals surface area contributed by atoms with Crippen LogP contribution in [0.3, 0.4) is 0 Å². The van der Waals surface area contributed by atoms with Gasteiger partial charge in [-0.15, -0.1) is 0 Å². The van der Waals surface area contributed by atoms with Crippen LogP contribution < -0.4 is 14.8 Å². The molecule has 0 saturated heterocycles. The average Bonchev–Trinajstić information content (AvgIpc) is 2.65. The van der Waals surface area contributed by atoms with Crippen LogP contribution in [0, 0.1) is 0 Å². The third-order valence-corrected chi connectivity index (χ3v) is 5.12. The Bertz CT molecular complexity index is 975. The van der Waals surface area contributed by atoms with E-state index in [9.17, 15) is 8.42 Å². The Labute approximate surface area is 159 Å². The van der Waals surface area contributed by atoms with Crippen LogP contribution >= 0.6 is 0 Å². The van der Waals surface area contributed by atoms with Crippen LogP contribution in [0.15, 0.2) is 72.9 Å². The molecule has 0 fully saturated rings. The minimum Gasteiger partial charge on any atom is -0.455 e. The Balaban J connectivity index is 1.72. The molecule has 0 radical (unpaired) electrons. The van der Waals surface area contributed by atoms with Crippen LogP contribution in [0.2, 0.25) is 0 Å². The number of nitrogens with one attached hydrogen (secondary N) is 2. The van der Waals surface area contributed by atoms with Crippen LogP contribution in [0.5, 0.6) is 11.5 Å². The average molecular weight is 383 g/mol. The predicted molar refractivity (Wildman–Crippen MR) is 108 cm³/mol. The maximum Gasteiger partial charge on any atom is 0.232 e. The normalized spacial score (nSPS) is 11.0. The zero-order chi connectivity index (χ0) is 19.1. The number of rotatable bonds is 8. The minimum atomic E-state index is -3.33. The van der Waals surface area contributed by atoms with E-state index in [1.54, 1.807) is 12.1 Å². The van der Waals surface area contributed by atoms with Gasteiger partial charge in [-0.2, -0.15) is 0 Å². The van der Waals surface area contributed by atoms with Gasteiger partial charge in [0.25, 0.3) is 0 Å². The van der Waals surface area contributed by atoms with Gasteiger partial charge in [0.2, 0.25) is 10.0 Å². The number of benzene rings is 2. The van der Waals surface area contributed by atoms with Gasteiger partial charge in [0.05, 0.1) is 23.3 Å². The number of hydrogen-bond acceptors (Lipinski definition) is 5. The summed E-state index contributed by atoms with van der Waals surface area (Å²) in [7, 11) is -3.33. The number of sulfonamides is 1. The van der Waals surface area contributed by atoms with Crippen molar-refractivity contribution in [3.63, 3.8) is 0 Å². The van der Waals surface area contributed by atoms with Crippen LogP contribution in [-0.2, 0) is 10.0 Å². The molecule has 27 heavy (non-hydrogen) atoms. The quantitative estimate of drug-likeness (QED) is 0.586. The summed E-state index contributed by atoms with van der Waals surface area (Å²) in [5.41, 5.74) is 1.19. The van der Waals surface area contributed by atoms with Gasteiger partial charge in [0.1, 0.15) is 11.6 Å². The zero-order valence-corrected chi connectivity index (χ0v) is 15.7. The van der Waals surface area contributed by atoms with E-state index in [0.717, 1.165) is 11.4 Å². The molecule has 1 aromatic heterocycles. The van der Waals surface area contributed by atoms with Crippen LogP contribution in [0.1, 0.15) is 13.3 Å². The molecular formula is C20H21N3O3S. The Morgan fingerprint density at radius 2 is 1.70 bits per heavy atom. The Morgan fingerprint density at radius 1 is 0.963 bits per heavy atom. The van der Waals surface area contributed by atoms with Crippen molar-refractivity contribution in [1.29, 1.82) is 0 Å². The van der Waals surface area contributed by atoms with Crippen molar-refractivity contribution >= 4 is 27.2 Å². The molecule has 0 atom stereocenters. The fourth-order valence-electron chi connectivity index (χ4n) is 2.44. The first-order valence-corrected chi connectivity index (χ1v) is 10.3. The smallest absolute Gasteiger partial charge is 0.232 e. The second-order valence-electron chi connectivity index (χ2n) is 5.89. The summed E-state index contributed by atoms with van der Waals surface area (Å²) in [5, 5.41) is 3.19. The predicted octanol–water partition coefficient (Wildman–Crippen LogP) is 4.77. The van der Waals surface area contributed by atoms with E-state index in [1.165, 1.54) is 6.20 Å². The number of hydrogen-bond donors (Lipinski definition) is 2. The second-order valence-corrected chi connectivity index (χ2v) is 7.73. The lowest BCUT2D eigenvalue weighted by molar-refractivity contribution is 0.485. The SMILES string of the molecule is CCCS(=O)(=O)Nc1ccc(Nc2ccccc2Oc2ccccc2)nc1. The van der Waals surface area contributed by atoms with E-state index in [2.05, 4.69) is 15.0 Å². The molecular weight excluding hydrogens is 362 g/mol. The van der Waals surface area contributed by atoms with Gasteiger partial charge >= 0.3 is 0 Å². The number of aromatic nitrogens is 1. The first-order chi connectivity index (χ1) is 13.1. The fourth-order valence-corrected chi connectivity index (χ4v) is 3.56. The molecule has 6 nitrogen and oxygen atoms in total. The largest absolute Gasteiger partial charge is 0.455 e. The third kappa shape index (κ3) is 5.46. The summed E-state index contributed by atoms with van der Waals surface area (Å²) >= 11 is 0. The molecule has 140 valence electrons. The molecule has 0 unspecified atom stereocenters. The highest BCUT2D eigenvalue weighted by atomic mass is 32.2. The van der Waals surface area contributed by atoms with Crippen molar-refractivity contribution in [3.05, 3.63) is 72.9 Å². The summed E-state index contributed by atoms with van der Waals surface area (Å²) in [6.45, 7) is 1.82. The van der Waals surface area contributed by atoms with Crippen LogP contribution in [0.4, 0.5) is 17.2 Å². The van der Waals surface area contributed by atoms with Gasteiger partial charge in [-0.1, -0.05) is 37.3 Å². The molecule has 2 aromatic carbocycles. The number of para-hydroxylation sites is 3. The van der Waals surface area contributed by atoms with Gasteiger partial charge in [0.15, 0.2) is 5.75 Å². The summed E-state index contributed by atoms with van der Waals surface area (Å²) in [5.74, 6) is 2.06. The van der Waals surface area contributed by atoms with Gasteiger partial charge in [-0.05, 0) is 42.8 Å². The van der Waals surface area contributed by atoms with Crippen molar-refractivity contribution in [1.82, 2.24) is 4.98 Å². The number of anilines is 3. The van der Waals surface area contributed by atoms with E-state index in [4.69, 9.17) is 4.74 Å². The maximum absolute atomic E-state index is 11.8. The first-order valence-electron chi connectivity index (χ1n) is 8.61. The van der Waals surface area contributed by atoms with Gasteiger partial charge < -0.3 is 10.1 Å². The zero-order valence-electron chi connectivity index (χ0n) is 14.9. The Kier molecular flexibility index (Phi) is 5.93. The number of nitrogens with zero attached hydrogens (tertiary/aromatic N) is 1. The highest BCUT2D eigenvalue weighted by Gasteiger charge is 2.09. The van der Waals surface area contributed by atoms with Gasteiger partial charge in [-0.3, -0.25) is 4.72 Å². The lowest BCUT2D eigenvalue weighted by Gasteiger charge is -2.13. The van der Waals surface area contributed by atoms with Crippen LogP contribution in [0.25, 0.3) is 0 Å². The molecule has 0 aliphatic carbocycles. The standard InChI is InChI=1S/C20H21N3O3S/c1-2-14-27(24,25)23-16-12-13-20(21-15-16)22-18-10-6-7-11-19(18)26-17-8-4-3-5-9-17/h3-13,15,23H,2,14H2,1H3,(H,21,22). The molecule has 2 N–H and O–H groups in total. The molecule has 1 heterocycles. The Morgan fingerprint density at radius 3 is 2.41 bits per heavy atom. The van der Waals surface area contributed by atoms with Crippen molar-refractivity contribution < 1.29 is 13.2 Å². The molecule has 3 aromatic rings. The van der Waals surface area contributed by atoms with E-state index < -0.39 is 10.0 Å². The monoisotopic (exact) mass is 383 g/mol. The molecule has 7 heteroatoms. The highest BCUT2D eigenvalue weighted by molar-refractivity contribution is 7.92. The summed E-state index contributed by atoms with van der Waals surface area (Å²) in [4.78, 5) is 4.27. The Hall–Kier alpha value is -3.06. The fraction of sp³-hybridized carbons (Fsp3) is 0.150. The second kappa shape index (κ2) is 8.55. The van der Waals surface area contributed by atoms with E-state index >= 15 is 0 Å². The maximum atomic E-state index is 11.8. The highest BCUT2D eigenvalue weighted by Crippen LogP contribution is 2.31. The molecule has 0 aliphatic rings. The lowest BCUT2D eigenvalue weighted by atomic mass is 10.2. The number of ether oxygens (including phenoxy) is 1. The van der Waals surface area contributed by atoms with Crippen molar-refractivity contribution in [2.45, 2.75) is 13.3 Å². The summed E-state index contributed by atoms with van der Waals surface area (Å²) in [6, 6.07) is 20.4. The molecule has 0 spiro atoms. The van der Waals surface area contributed by atoms with Crippen LogP contribution in [-0.4, -0.2) is 19.2 Å². The molecule has 0 bridgehead atoms. The van der Waals surface area contributed by atoms with E-state index in [-0.39, 0.29) is 5.75 Å². The summed E-state index contributed by atoms with van der Waals surface area (Å²) in [6.07, 6.45) is 2.04. The molecule has 3 rings (SSSR count). The van der Waals surface area contributed by atoms with E-state index in [1.807, 2.05) is 61.5 Å². The van der Waals surface area contributed by atoms with Crippen molar-refractivity contribution in [3.8, 4) is 11.5 Å². The van der Waals surface area contributed by atoms with Crippen molar-refractivity contribution in [2.75, 3.05) is 15.8 Å². The lowest BCUT2D eigenvalue weighted by Crippen LogP contribution is -2.16. The summed E-state index contributed by atoms with van der Waals surface area (Å²) < 4.78 is 32.1. The van der Waals surface area contributed by atoms with Gasteiger partial charge in [0, 0.05) is 0 Å². The molecule has 0 aliphatic heterocycles. The molecule has 0 amide bonds. The topological polar surface area (TPSA) is 80.3 Å². The first kappa shape index (κ1) is 18.7. The number of pyridine rings is 1. The van der Waals surface area contributed by atoms with Crippen molar-refractivity contribution in [2.24, 2.45) is 0 Å². The third-order valence-electron chi connectivity index (χ3n) is 3.63. The minimum absolute atomic E-state index is 0.0806. The molecule has 0 saturated carbocycles. The van der Waals surface area contributed by atoms with E-state index in [0.29, 0.717) is 23.7 Å². The van der Waals surface area contributed by atoms with Gasteiger partial charge in [-0.25, -0.2) is 13.4 Å².